The van der Waals surface area contributed by atoms with E-state index in [1.807, 2.05) is 32.2 Å². The van der Waals surface area contributed by atoms with Crippen LogP contribution in [0.3, 0.4) is 0 Å². The van der Waals surface area contributed by atoms with E-state index in [0.29, 0.717) is 19.4 Å². The summed E-state index contributed by atoms with van der Waals surface area (Å²) in [4.78, 5) is 28.2. The average Bonchev–Trinajstić information content (AvgIpc) is 3.60. The summed E-state index contributed by atoms with van der Waals surface area (Å²) in [5.74, 6) is 1.17. The molecule has 8 heteroatoms. The molecule has 1 aromatic carbocycles. The number of ether oxygens (including phenoxy) is 1. The highest BCUT2D eigenvalue weighted by Gasteiger charge is 2.68. The van der Waals surface area contributed by atoms with E-state index in [9.17, 15) is 14.7 Å². The topological polar surface area (TPSA) is 92.6 Å². The summed E-state index contributed by atoms with van der Waals surface area (Å²) in [5.41, 5.74) is 0.769. The number of hydrogen-bond acceptors (Lipinski definition) is 7. The Hall–Kier alpha value is -2.71. The maximum absolute atomic E-state index is 13.6. The zero-order valence-corrected chi connectivity index (χ0v) is 28.1. The fourth-order valence-corrected chi connectivity index (χ4v) is 9.70. The van der Waals surface area contributed by atoms with Gasteiger partial charge in [0.2, 0.25) is 0 Å². The molecule has 2 aromatic rings. The van der Waals surface area contributed by atoms with Gasteiger partial charge >= 0.3 is 5.97 Å². The highest BCUT2D eigenvalue weighted by atomic mass is 32.2. The number of aliphatic hydroxyl groups excluding tert-OH is 1. The van der Waals surface area contributed by atoms with Gasteiger partial charge in [0.05, 0.1) is 17.5 Å². The molecule has 5 rings (SSSR count). The lowest BCUT2D eigenvalue weighted by atomic mass is 9.44. The first kappa shape index (κ1) is 32.7. The number of ketones is 1. The molecule has 3 N–H and O–H groups in total. The fourth-order valence-electron chi connectivity index (χ4n) is 8.94. The van der Waals surface area contributed by atoms with E-state index >= 15 is 0 Å². The van der Waals surface area contributed by atoms with Gasteiger partial charge in [-0.25, -0.2) is 0 Å². The minimum absolute atomic E-state index is 0.0425. The van der Waals surface area contributed by atoms with Crippen LogP contribution in [0, 0.1) is 34.0 Å². The first-order chi connectivity index (χ1) is 20.9. The lowest BCUT2D eigenvalue weighted by molar-refractivity contribution is -0.205. The van der Waals surface area contributed by atoms with Gasteiger partial charge in [0, 0.05) is 54.4 Å². The SMILES string of the molecule is C=C[C@]1(C)C[C@@H](OC(=O)CSc2cccc(CNc3ccn(CC)c3NC)c2)[C@]2(C)C(C)CCC3(CCC(=O)C32)[C@@H](C)[C@@H]1O. The number of thioether (sulfide) groups is 1. The highest BCUT2D eigenvalue weighted by Crippen LogP contribution is 2.68. The van der Waals surface area contributed by atoms with Crippen molar-refractivity contribution in [2.24, 2.45) is 34.0 Å². The molecule has 0 spiro atoms. The van der Waals surface area contributed by atoms with Crippen molar-refractivity contribution in [3.8, 4) is 0 Å². The van der Waals surface area contributed by atoms with Crippen molar-refractivity contribution in [1.82, 2.24) is 4.57 Å². The molecule has 3 unspecified atom stereocenters. The van der Waals surface area contributed by atoms with Gasteiger partial charge in [-0.1, -0.05) is 45.9 Å². The summed E-state index contributed by atoms with van der Waals surface area (Å²) in [7, 11) is 1.93. The van der Waals surface area contributed by atoms with Gasteiger partial charge in [0.25, 0.3) is 0 Å². The number of anilines is 2. The molecule has 2 bridgehead atoms. The van der Waals surface area contributed by atoms with Crippen molar-refractivity contribution in [2.45, 2.75) is 96.9 Å². The Labute approximate surface area is 267 Å². The zero-order chi connectivity index (χ0) is 31.9. The smallest absolute Gasteiger partial charge is 0.316 e. The number of aliphatic hydroxyl groups is 1. The monoisotopic (exact) mass is 621 g/mol. The Morgan fingerprint density at radius 3 is 2.73 bits per heavy atom. The Morgan fingerprint density at radius 2 is 2.02 bits per heavy atom. The van der Waals surface area contributed by atoms with E-state index < -0.39 is 23.0 Å². The maximum atomic E-state index is 13.6. The molecule has 7 nitrogen and oxygen atoms in total. The largest absolute Gasteiger partial charge is 0.461 e. The van der Waals surface area contributed by atoms with Crippen LogP contribution in [0.4, 0.5) is 11.5 Å². The van der Waals surface area contributed by atoms with Gasteiger partial charge in [-0.2, -0.15) is 0 Å². The molecule has 3 saturated carbocycles. The van der Waals surface area contributed by atoms with Gasteiger partial charge in [0.15, 0.2) is 0 Å². The number of benzene rings is 1. The minimum Gasteiger partial charge on any atom is -0.461 e. The fraction of sp³-hybridized carbons (Fsp3) is 0.611. The third kappa shape index (κ3) is 5.51. The third-order valence-corrected chi connectivity index (χ3v) is 12.8. The number of rotatable bonds is 10. The van der Waals surface area contributed by atoms with Crippen LogP contribution in [-0.4, -0.2) is 46.4 Å². The Kier molecular flexibility index (Phi) is 9.35. The molecule has 3 fully saturated rings. The highest BCUT2D eigenvalue weighted by molar-refractivity contribution is 8.00. The average molecular weight is 622 g/mol. The molecule has 240 valence electrons. The van der Waals surface area contributed by atoms with Crippen LogP contribution in [0.2, 0.25) is 0 Å². The van der Waals surface area contributed by atoms with Crippen molar-refractivity contribution in [3.05, 3.63) is 54.7 Å². The van der Waals surface area contributed by atoms with Crippen LogP contribution >= 0.6 is 11.8 Å². The summed E-state index contributed by atoms with van der Waals surface area (Å²) >= 11 is 1.47. The summed E-state index contributed by atoms with van der Waals surface area (Å²) in [6.45, 7) is 16.3. The quantitative estimate of drug-likeness (QED) is 0.147. The molecule has 0 amide bonds. The second-order valence-corrected chi connectivity index (χ2v) is 15.0. The molecule has 3 aliphatic carbocycles. The molecule has 1 heterocycles. The summed E-state index contributed by atoms with van der Waals surface area (Å²) in [6.07, 6.45) is 6.44. The lowest BCUT2D eigenvalue weighted by Crippen LogP contribution is -2.63. The first-order valence-electron chi connectivity index (χ1n) is 16.3. The molecule has 0 aliphatic heterocycles. The minimum atomic E-state index is -0.664. The third-order valence-electron chi connectivity index (χ3n) is 11.9. The van der Waals surface area contributed by atoms with Crippen LogP contribution in [-0.2, 0) is 27.4 Å². The van der Waals surface area contributed by atoms with Crippen LogP contribution in [0.25, 0.3) is 0 Å². The predicted molar refractivity (Wildman–Crippen MR) is 179 cm³/mol. The molecular weight excluding hydrogens is 570 g/mol. The first-order valence-corrected chi connectivity index (χ1v) is 17.3. The molecule has 8 atom stereocenters. The second-order valence-electron chi connectivity index (χ2n) is 14.0. The van der Waals surface area contributed by atoms with Crippen LogP contribution in [0.5, 0.6) is 0 Å². The molecule has 0 radical (unpaired) electrons. The second kappa shape index (κ2) is 12.6. The van der Waals surface area contributed by atoms with Crippen molar-refractivity contribution in [1.29, 1.82) is 0 Å². The van der Waals surface area contributed by atoms with Crippen molar-refractivity contribution < 1.29 is 19.4 Å². The number of esters is 1. The van der Waals surface area contributed by atoms with E-state index in [1.165, 1.54) is 11.8 Å². The van der Waals surface area contributed by atoms with Gasteiger partial charge in [-0.15, -0.1) is 18.3 Å². The predicted octanol–water partition coefficient (Wildman–Crippen LogP) is 7.16. The summed E-state index contributed by atoms with van der Waals surface area (Å²) in [5, 5.41) is 18.5. The van der Waals surface area contributed by atoms with E-state index in [2.05, 4.69) is 73.9 Å². The van der Waals surface area contributed by atoms with E-state index in [4.69, 9.17) is 4.74 Å². The van der Waals surface area contributed by atoms with Crippen LogP contribution in [0.1, 0.15) is 72.3 Å². The number of hydrogen-bond donors (Lipinski definition) is 3. The molecule has 44 heavy (non-hydrogen) atoms. The number of nitrogens with one attached hydrogen (secondary N) is 2. The van der Waals surface area contributed by atoms with Gasteiger partial charge in [0.1, 0.15) is 17.7 Å². The van der Waals surface area contributed by atoms with Crippen molar-refractivity contribution >= 4 is 35.0 Å². The van der Waals surface area contributed by atoms with E-state index in [-0.39, 0.29) is 40.7 Å². The Bertz CT molecular complexity index is 1390. The van der Waals surface area contributed by atoms with Gasteiger partial charge < -0.3 is 25.0 Å². The van der Waals surface area contributed by atoms with Crippen molar-refractivity contribution in [3.63, 3.8) is 0 Å². The maximum Gasteiger partial charge on any atom is 0.316 e. The van der Waals surface area contributed by atoms with Gasteiger partial charge in [-0.05, 0) is 73.6 Å². The molecule has 1 aromatic heterocycles. The summed E-state index contributed by atoms with van der Waals surface area (Å²) < 4.78 is 8.58. The van der Waals surface area contributed by atoms with Crippen molar-refractivity contribution in [2.75, 3.05) is 23.4 Å². The lowest BCUT2D eigenvalue weighted by Gasteiger charge is -2.61. The zero-order valence-electron chi connectivity index (χ0n) is 27.3. The Balaban J connectivity index is 1.32. The Morgan fingerprint density at radius 1 is 1.25 bits per heavy atom. The number of carbonyl (C=O) groups excluding carboxylic acids is 2. The standard InChI is InChI=1S/C36H51N3O4S/c1-8-34(5)20-29(35(6)23(3)13-16-36(24(4)32(34)42)17-14-28(40)31(35)36)43-30(41)22-44-26-12-10-11-25(19-26)21-38-27-15-18-39(9-2)33(27)37-7/h8,10-12,15,18-19,23-24,29,31-32,37-38,42H,1,9,13-14,16-17,20-22H2,2-7H3/t23?,24-,29+,31?,32-,34+,35-,36?/m0/s1. The van der Waals surface area contributed by atoms with Crippen LogP contribution in [0.15, 0.2) is 54.1 Å². The number of carbonyl (C=O) groups is 2. The van der Waals surface area contributed by atoms with Crippen LogP contribution < -0.4 is 10.6 Å². The summed E-state index contributed by atoms with van der Waals surface area (Å²) in [6, 6.07) is 10.3. The number of aromatic nitrogens is 1. The van der Waals surface area contributed by atoms with Gasteiger partial charge in [-0.3, -0.25) is 9.59 Å². The number of aryl methyl sites for hydroxylation is 1. The molecule has 3 aliphatic rings. The number of nitrogens with zero attached hydrogens (tertiary/aromatic N) is 1. The van der Waals surface area contributed by atoms with E-state index in [0.717, 1.165) is 47.8 Å². The normalized spacial score (nSPS) is 34.9. The number of Topliss-reactive ketones (excluding diaryl/α,β-unsaturated/α-hetero) is 1. The molecule has 0 saturated heterocycles. The molecular formula is C36H51N3O4S. The van der Waals surface area contributed by atoms with E-state index in [1.54, 1.807) is 0 Å².